The quantitative estimate of drug-likeness (QED) is 0.811. The van der Waals surface area contributed by atoms with Gasteiger partial charge < -0.3 is 10.6 Å². The number of carbonyl (C=O) groups is 2. The molecule has 0 bridgehead atoms. The summed E-state index contributed by atoms with van der Waals surface area (Å²) in [6, 6.07) is 15.6. The Kier molecular flexibility index (Phi) is 5.97. The van der Waals surface area contributed by atoms with Crippen LogP contribution in [0.15, 0.2) is 48.5 Å². The van der Waals surface area contributed by atoms with Crippen LogP contribution in [0.25, 0.3) is 0 Å². The smallest absolute Gasteiger partial charge is 0.233 e. The minimum absolute atomic E-state index is 0.0675. The van der Waals surface area contributed by atoms with Gasteiger partial charge in [-0.15, -0.1) is 0 Å². The predicted octanol–water partition coefficient (Wildman–Crippen LogP) is 3.94. The highest BCUT2D eigenvalue weighted by Gasteiger charge is 2.14. The molecule has 2 N–H and O–H groups in total. The maximum atomic E-state index is 12.0. The molecule has 2 amide bonds. The molecule has 0 saturated heterocycles. The fourth-order valence-electron chi connectivity index (χ4n) is 2.47. The zero-order chi connectivity index (χ0) is 18.4. The molecule has 0 aliphatic rings. The van der Waals surface area contributed by atoms with E-state index in [-0.39, 0.29) is 23.7 Å². The van der Waals surface area contributed by atoms with Gasteiger partial charge in [-0.2, -0.15) is 0 Å². The monoisotopic (exact) mass is 338 g/mol. The molecule has 0 aliphatic heterocycles. The molecular weight excluding hydrogens is 312 g/mol. The van der Waals surface area contributed by atoms with Gasteiger partial charge in [-0.1, -0.05) is 57.2 Å². The summed E-state index contributed by atoms with van der Waals surface area (Å²) in [6.45, 7) is 8.84. The molecule has 0 radical (unpaired) electrons. The van der Waals surface area contributed by atoms with E-state index in [1.807, 2.05) is 55.5 Å². The highest BCUT2D eigenvalue weighted by atomic mass is 16.2. The first-order valence-corrected chi connectivity index (χ1v) is 8.47. The molecule has 0 heterocycles. The maximum absolute atomic E-state index is 12.0. The molecule has 2 rings (SSSR count). The Hall–Kier alpha value is -2.62. The second-order valence-corrected chi connectivity index (χ2v) is 7.26. The van der Waals surface area contributed by atoms with Crippen LogP contribution in [0, 0.1) is 6.92 Å². The lowest BCUT2D eigenvalue weighted by Gasteiger charge is -2.19. The number of hydrogen-bond donors (Lipinski definition) is 2. The van der Waals surface area contributed by atoms with Crippen LogP contribution < -0.4 is 10.6 Å². The van der Waals surface area contributed by atoms with Crippen LogP contribution in [0.2, 0.25) is 0 Å². The normalized spacial score (nSPS) is 11.0. The molecule has 2 aromatic carbocycles. The second kappa shape index (κ2) is 7.97. The molecule has 0 unspecified atom stereocenters. The number of amides is 2. The van der Waals surface area contributed by atoms with E-state index in [0.717, 1.165) is 11.1 Å². The number of benzene rings is 2. The van der Waals surface area contributed by atoms with Gasteiger partial charge in [0.15, 0.2) is 0 Å². The molecular formula is C21H26N2O2. The summed E-state index contributed by atoms with van der Waals surface area (Å²) < 4.78 is 0. The van der Waals surface area contributed by atoms with Gasteiger partial charge in [0.05, 0.1) is 0 Å². The predicted molar refractivity (Wildman–Crippen MR) is 101 cm³/mol. The van der Waals surface area contributed by atoms with Crippen molar-refractivity contribution in [1.82, 2.24) is 5.32 Å². The third kappa shape index (κ3) is 5.75. The van der Waals surface area contributed by atoms with Crippen molar-refractivity contribution >= 4 is 17.5 Å². The lowest BCUT2D eigenvalue weighted by Crippen LogP contribution is -2.28. The van der Waals surface area contributed by atoms with Gasteiger partial charge in [-0.3, -0.25) is 9.59 Å². The van der Waals surface area contributed by atoms with Crippen molar-refractivity contribution < 1.29 is 9.59 Å². The minimum Gasteiger partial charge on any atom is -0.352 e. The van der Waals surface area contributed by atoms with Gasteiger partial charge in [0, 0.05) is 12.2 Å². The van der Waals surface area contributed by atoms with Crippen LogP contribution in [-0.2, 0) is 21.5 Å². The third-order valence-corrected chi connectivity index (χ3v) is 4.09. The first-order valence-electron chi connectivity index (χ1n) is 8.47. The van der Waals surface area contributed by atoms with Crippen molar-refractivity contribution in [3.05, 3.63) is 65.2 Å². The van der Waals surface area contributed by atoms with E-state index < -0.39 is 0 Å². The molecule has 0 atom stereocenters. The van der Waals surface area contributed by atoms with Crippen molar-refractivity contribution in [1.29, 1.82) is 0 Å². The Balaban J connectivity index is 1.83. The summed E-state index contributed by atoms with van der Waals surface area (Å²) in [5.74, 6) is -0.599. The van der Waals surface area contributed by atoms with Gasteiger partial charge in [-0.05, 0) is 41.2 Å². The lowest BCUT2D eigenvalue weighted by atomic mass is 9.87. The number of nitrogens with one attached hydrogen (secondary N) is 2. The average molecular weight is 338 g/mol. The van der Waals surface area contributed by atoms with E-state index in [1.165, 1.54) is 5.56 Å². The van der Waals surface area contributed by atoms with Crippen LogP contribution in [0.5, 0.6) is 0 Å². The summed E-state index contributed by atoms with van der Waals surface area (Å²) in [5, 5.41) is 5.55. The van der Waals surface area contributed by atoms with Crippen molar-refractivity contribution in [2.24, 2.45) is 0 Å². The van der Waals surface area contributed by atoms with E-state index in [9.17, 15) is 9.59 Å². The molecule has 0 saturated carbocycles. The number of carbonyl (C=O) groups excluding carboxylic acids is 2. The average Bonchev–Trinajstić information content (AvgIpc) is 2.53. The zero-order valence-corrected chi connectivity index (χ0v) is 15.3. The SMILES string of the molecule is Cc1ccccc1CNC(=O)CC(=O)Nc1ccc(C(C)(C)C)cc1. The summed E-state index contributed by atoms with van der Waals surface area (Å²) in [7, 11) is 0. The van der Waals surface area contributed by atoms with Crippen LogP contribution in [0.3, 0.4) is 0 Å². The van der Waals surface area contributed by atoms with Crippen LogP contribution >= 0.6 is 0 Å². The fraction of sp³-hybridized carbons (Fsp3) is 0.333. The van der Waals surface area contributed by atoms with Crippen molar-refractivity contribution in [2.75, 3.05) is 5.32 Å². The first kappa shape index (κ1) is 18.7. The molecule has 2 aromatic rings. The molecule has 4 nitrogen and oxygen atoms in total. The Morgan fingerprint density at radius 3 is 2.16 bits per heavy atom. The third-order valence-electron chi connectivity index (χ3n) is 4.09. The number of anilines is 1. The zero-order valence-electron chi connectivity index (χ0n) is 15.3. The molecule has 0 spiro atoms. The Bertz CT molecular complexity index is 743. The summed E-state index contributed by atoms with van der Waals surface area (Å²) in [4.78, 5) is 24.0. The van der Waals surface area contributed by atoms with Gasteiger partial charge in [0.1, 0.15) is 6.42 Å². The molecule has 25 heavy (non-hydrogen) atoms. The number of hydrogen-bond acceptors (Lipinski definition) is 2. The van der Waals surface area contributed by atoms with Crippen molar-refractivity contribution in [3.63, 3.8) is 0 Å². The second-order valence-electron chi connectivity index (χ2n) is 7.26. The number of aryl methyl sites for hydroxylation is 1. The highest BCUT2D eigenvalue weighted by molar-refractivity contribution is 6.03. The molecule has 4 heteroatoms. The van der Waals surface area contributed by atoms with Crippen LogP contribution in [-0.4, -0.2) is 11.8 Å². The Morgan fingerprint density at radius 1 is 0.920 bits per heavy atom. The topological polar surface area (TPSA) is 58.2 Å². The Labute approximate surface area is 149 Å². The first-order chi connectivity index (χ1) is 11.8. The van der Waals surface area contributed by atoms with Gasteiger partial charge in [-0.25, -0.2) is 0 Å². The maximum Gasteiger partial charge on any atom is 0.233 e. The standard InChI is InChI=1S/C21H26N2O2/c1-15-7-5-6-8-16(15)14-22-19(24)13-20(25)23-18-11-9-17(10-12-18)21(2,3)4/h5-12H,13-14H2,1-4H3,(H,22,24)(H,23,25). The molecule has 132 valence electrons. The van der Waals surface area contributed by atoms with Crippen molar-refractivity contribution in [3.8, 4) is 0 Å². The molecule has 0 aromatic heterocycles. The van der Waals surface area contributed by atoms with E-state index in [0.29, 0.717) is 12.2 Å². The summed E-state index contributed by atoms with van der Waals surface area (Å²) in [5.41, 5.74) is 4.13. The van der Waals surface area contributed by atoms with E-state index in [2.05, 4.69) is 31.4 Å². The Morgan fingerprint density at radius 2 is 1.56 bits per heavy atom. The summed E-state index contributed by atoms with van der Waals surface area (Å²) in [6.07, 6.45) is -0.188. The van der Waals surface area contributed by atoms with E-state index >= 15 is 0 Å². The van der Waals surface area contributed by atoms with Crippen LogP contribution in [0.1, 0.15) is 43.9 Å². The van der Waals surface area contributed by atoms with Crippen molar-refractivity contribution in [2.45, 2.75) is 46.1 Å². The fourth-order valence-corrected chi connectivity index (χ4v) is 2.47. The largest absolute Gasteiger partial charge is 0.352 e. The highest BCUT2D eigenvalue weighted by Crippen LogP contribution is 2.23. The van der Waals surface area contributed by atoms with E-state index in [1.54, 1.807) is 0 Å². The number of rotatable bonds is 5. The molecule has 0 aliphatic carbocycles. The lowest BCUT2D eigenvalue weighted by molar-refractivity contribution is -0.126. The van der Waals surface area contributed by atoms with Gasteiger partial charge >= 0.3 is 0 Å². The minimum atomic E-state index is -0.314. The summed E-state index contributed by atoms with van der Waals surface area (Å²) >= 11 is 0. The molecule has 0 fully saturated rings. The van der Waals surface area contributed by atoms with E-state index in [4.69, 9.17) is 0 Å². The van der Waals surface area contributed by atoms with Crippen LogP contribution in [0.4, 0.5) is 5.69 Å². The van der Waals surface area contributed by atoms with Gasteiger partial charge in [0.25, 0.3) is 0 Å². The van der Waals surface area contributed by atoms with Gasteiger partial charge in [0.2, 0.25) is 11.8 Å².